The van der Waals surface area contributed by atoms with Crippen LogP contribution in [0.3, 0.4) is 0 Å². The van der Waals surface area contributed by atoms with Gasteiger partial charge in [-0.1, -0.05) is 176 Å². The van der Waals surface area contributed by atoms with Crippen LogP contribution in [0, 0.1) is 0 Å². The van der Waals surface area contributed by atoms with E-state index in [0.29, 0.717) is 22.4 Å². The van der Waals surface area contributed by atoms with Gasteiger partial charge >= 0.3 is 0 Å². The van der Waals surface area contributed by atoms with Crippen LogP contribution >= 0.6 is 0 Å². The highest BCUT2D eigenvalue weighted by molar-refractivity contribution is 6.12. The molecule has 0 N–H and O–H groups in total. The van der Waals surface area contributed by atoms with Gasteiger partial charge in [0.05, 0.1) is 14.3 Å². The Morgan fingerprint density at radius 2 is 1.23 bits per heavy atom. The van der Waals surface area contributed by atoms with Crippen molar-refractivity contribution < 1.29 is 9.60 Å². The van der Waals surface area contributed by atoms with Crippen molar-refractivity contribution in [2.45, 2.75) is 18.4 Å². The van der Waals surface area contributed by atoms with E-state index >= 15 is 0 Å². The van der Waals surface area contributed by atoms with Crippen molar-refractivity contribution in [1.29, 1.82) is 0 Å². The van der Waals surface area contributed by atoms with E-state index < -0.39 is 18.4 Å². The first-order chi connectivity index (χ1) is 28.8. The number of rotatable bonds is 6. The minimum atomic E-state index is -1.41. The number of allylic oxidation sites excluding steroid dienone is 2. The van der Waals surface area contributed by atoms with Crippen LogP contribution in [-0.2, 0) is 0 Å². The molecule has 0 radical (unpaired) electrons. The molecule has 1 nitrogen and oxygen atoms in total. The third kappa shape index (κ3) is 5.09. The summed E-state index contributed by atoms with van der Waals surface area (Å²) >= 11 is 0. The molecule has 8 aromatic carbocycles. The summed E-state index contributed by atoms with van der Waals surface area (Å²) < 4.78 is 68.9. The molecule has 0 aromatic heterocycles. The molecule has 2 aliphatic carbocycles. The Labute approximate surface area is 315 Å². The van der Waals surface area contributed by atoms with E-state index in [2.05, 4.69) is 0 Å². The van der Waals surface area contributed by atoms with Gasteiger partial charge in [0.25, 0.3) is 0 Å². The van der Waals surface area contributed by atoms with Crippen LogP contribution in [-0.4, -0.2) is 6.04 Å². The van der Waals surface area contributed by atoms with E-state index in [4.69, 9.17) is 0 Å². The Kier molecular flexibility index (Phi) is 5.83. The quantitative estimate of drug-likeness (QED) is 0.159. The molecular weight excluding hydrogens is 627 g/mol. The van der Waals surface area contributed by atoms with Gasteiger partial charge in [-0.05, 0) is 96.7 Å². The summed E-state index contributed by atoms with van der Waals surface area (Å²) in [6.07, 6.45) is -1.41. The zero-order chi connectivity index (χ0) is 40.5. The molecule has 3 unspecified atom stereocenters. The lowest BCUT2D eigenvalue weighted by atomic mass is 9.88. The average molecular weight is 671 g/mol. The van der Waals surface area contributed by atoms with Gasteiger partial charge in [-0.25, -0.2) is 0 Å². The van der Waals surface area contributed by atoms with Gasteiger partial charge in [0.1, 0.15) is 0 Å². The zero-order valence-electron chi connectivity index (χ0n) is 35.3. The molecule has 246 valence electrons. The lowest BCUT2D eigenvalue weighted by molar-refractivity contribution is 0.787. The van der Waals surface area contributed by atoms with Crippen molar-refractivity contribution in [3.05, 3.63) is 222 Å². The van der Waals surface area contributed by atoms with Crippen LogP contribution in [0.1, 0.15) is 44.2 Å². The summed E-state index contributed by atoms with van der Waals surface area (Å²) in [6.45, 7) is 0. The van der Waals surface area contributed by atoms with E-state index in [1.807, 2.05) is 164 Å². The fourth-order valence-electron chi connectivity index (χ4n) is 7.97. The van der Waals surface area contributed by atoms with Crippen molar-refractivity contribution in [2.75, 3.05) is 4.90 Å². The zero-order valence-corrected chi connectivity index (χ0v) is 28.3. The number of benzene rings is 8. The molecule has 8 aromatic rings. The number of para-hydroxylation sites is 1. The van der Waals surface area contributed by atoms with Gasteiger partial charge in [-0.2, -0.15) is 0 Å². The molecule has 52 heavy (non-hydrogen) atoms. The summed E-state index contributed by atoms with van der Waals surface area (Å²) in [5.74, 6) is -0.403. The minimum Gasteiger partial charge on any atom is -0.334 e. The van der Waals surface area contributed by atoms with E-state index in [-0.39, 0.29) is 47.5 Å². The molecule has 0 heterocycles. The third-order valence-corrected chi connectivity index (χ3v) is 10.3. The van der Waals surface area contributed by atoms with E-state index in [0.717, 1.165) is 49.4 Å². The second-order valence-electron chi connectivity index (χ2n) is 13.3. The molecule has 3 atom stereocenters. The first kappa shape index (κ1) is 23.9. The van der Waals surface area contributed by atoms with Crippen LogP contribution in [0.15, 0.2) is 200 Å². The van der Waals surface area contributed by atoms with Crippen LogP contribution in [0.4, 0.5) is 11.4 Å². The normalized spacial score (nSPS) is 19.9. The lowest BCUT2D eigenvalue weighted by Gasteiger charge is -2.35. The highest BCUT2D eigenvalue weighted by Gasteiger charge is 2.32. The first-order valence-electron chi connectivity index (χ1n) is 21.3. The van der Waals surface area contributed by atoms with Crippen LogP contribution in [0.5, 0.6) is 0 Å². The largest absolute Gasteiger partial charge is 0.334 e. The van der Waals surface area contributed by atoms with Crippen molar-refractivity contribution in [2.24, 2.45) is 0 Å². The molecule has 0 saturated heterocycles. The van der Waals surface area contributed by atoms with E-state index in [1.54, 1.807) is 4.90 Å². The summed E-state index contributed by atoms with van der Waals surface area (Å²) in [5.41, 5.74) is 6.80. The third-order valence-electron chi connectivity index (χ3n) is 10.3. The smallest absolute Gasteiger partial charge is 0.0648 e. The molecule has 0 amide bonds. The monoisotopic (exact) mass is 670 g/mol. The van der Waals surface area contributed by atoms with Gasteiger partial charge in [0, 0.05) is 24.2 Å². The maximum atomic E-state index is 10.2. The molecule has 2 aliphatic rings. The Hall–Kier alpha value is -6.44. The van der Waals surface area contributed by atoms with Crippen LogP contribution in [0.25, 0.3) is 49.4 Å². The summed E-state index contributed by atoms with van der Waals surface area (Å²) in [6, 6.07) is 50.7. The Morgan fingerprint density at radius 3 is 2.08 bits per heavy atom. The van der Waals surface area contributed by atoms with Crippen molar-refractivity contribution in [3.8, 4) is 22.3 Å². The fourth-order valence-corrected chi connectivity index (χ4v) is 7.97. The van der Waals surface area contributed by atoms with E-state index in [1.165, 1.54) is 0 Å². The standard InChI is InChI=1S/C51H37N/c1-3-15-35(16-4-1)42-21-13-14-26-50(42)52(40-31-32-46-44-23-11-12-25-47(44)51(49(46)34-40)37-17-5-2-6-18-37)39-29-27-36(28-30-39)48-33-38-19-7-8-20-41(38)43-22-9-10-24-45(43)48/h1-29,31-34,39,51H,30H2/i27D,28D,29D,30D,31D,32D,34D. The maximum Gasteiger partial charge on any atom is 0.0648 e. The first-order valence-corrected chi connectivity index (χ1v) is 17.7. The number of anilines is 2. The molecule has 0 aliphatic heterocycles. The summed E-state index contributed by atoms with van der Waals surface area (Å²) in [4.78, 5) is 1.66. The maximum absolute atomic E-state index is 10.2. The number of hydrogen-bond acceptors (Lipinski definition) is 1. The summed E-state index contributed by atoms with van der Waals surface area (Å²) in [5, 5.41) is 3.74. The van der Waals surface area contributed by atoms with Gasteiger partial charge in [0.2, 0.25) is 0 Å². The number of nitrogens with zero attached hydrogens (tertiary/aromatic N) is 1. The van der Waals surface area contributed by atoms with Crippen LogP contribution < -0.4 is 4.90 Å². The SMILES string of the molecule is [2H]C1=C([2H])C(N(c2ccccc2-c2ccccc2)c2c([2H])c([2H])c3c(c2[2H])C(c2ccccc2)c2ccccc2-3)C([2H])C([2H])=C1c1cc2ccccc2c2ccccc12. The van der Waals surface area contributed by atoms with Crippen molar-refractivity contribution >= 4 is 38.5 Å². The lowest BCUT2D eigenvalue weighted by Crippen LogP contribution is -2.30. The van der Waals surface area contributed by atoms with Crippen molar-refractivity contribution in [1.82, 2.24) is 0 Å². The minimum absolute atomic E-state index is 0.0160. The molecule has 0 fully saturated rings. The second-order valence-corrected chi connectivity index (χ2v) is 13.3. The molecule has 10 rings (SSSR count). The fraction of sp³-hybridized carbons (Fsp3) is 0.0588. The molecule has 0 bridgehead atoms. The van der Waals surface area contributed by atoms with Crippen LogP contribution in [0.2, 0.25) is 0 Å². The van der Waals surface area contributed by atoms with Gasteiger partial charge in [0.15, 0.2) is 0 Å². The molecule has 1 heteroatoms. The predicted octanol–water partition coefficient (Wildman–Crippen LogP) is 13.4. The topological polar surface area (TPSA) is 3.24 Å². The van der Waals surface area contributed by atoms with Crippen molar-refractivity contribution in [3.63, 3.8) is 0 Å². The predicted molar refractivity (Wildman–Crippen MR) is 220 cm³/mol. The van der Waals surface area contributed by atoms with Gasteiger partial charge in [-0.15, -0.1) is 0 Å². The number of hydrogen-bond donors (Lipinski definition) is 0. The average Bonchev–Trinajstić information content (AvgIpc) is 3.63. The second kappa shape index (κ2) is 12.7. The van der Waals surface area contributed by atoms with Gasteiger partial charge in [-0.3, -0.25) is 0 Å². The highest BCUT2D eigenvalue weighted by Crippen LogP contribution is 2.50. The van der Waals surface area contributed by atoms with Gasteiger partial charge < -0.3 is 4.90 Å². The molecular formula is C51H37N. The Balaban J connectivity index is 1.25. The highest BCUT2D eigenvalue weighted by atomic mass is 15.2. The summed E-state index contributed by atoms with van der Waals surface area (Å²) in [7, 11) is 0. The van der Waals surface area contributed by atoms with E-state index in [9.17, 15) is 9.60 Å². The number of fused-ring (bicyclic) bond motifs is 6. The molecule has 0 saturated carbocycles. The molecule has 0 spiro atoms. The Morgan fingerprint density at radius 1 is 0.558 bits per heavy atom. The Bertz CT molecular complexity index is 3050.